The summed E-state index contributed by atoms with van der Waals surface area (Å²) < 4.78 is 10.7. The molecule has 1 unspecified atom stereocenters. The first-order valence-corrected chi connectivity index (χ1v) is 8.27. The van der Waals surface area contributed by atoms with Crippen molar-refractivity contribution in [3.8, 4) is 5.75 Å². The fourth-order valence-electron chi connectivity index (χ4n) is 2.74. The summed E-state index contributed by atoms with van der Waals surface area (Å²) in [6.45, 7) is 0. The van der Waals surface area contributed by atoms with Crippen molar-refractivity contribution in [2.24, 2.45) is 0 Å². The predicted octanol–water partition coefficient (Wildman–Crippen LogP) is 4.13. The lowest BCUT2D eigenvalue weighted by Crippen LogP contribution is -2.29. The molecule has 0 spiro atoms. The average Bonchev–Trinajstić information content (AvgIpc) is 3.20. The Labute approximate surface area is 147 Å². The molecule has 0 saturated carbocycles. The van der Waals surface area contributed by atoms with Crippen LogP contribution in [0, 0.1) is 0 Å². The Hall–Kier alpha value is -3.01. The number of hydrogen-bond donors (Lipinski definition) is 1. The van der Waals surface area contributed by atoms with Gasteiger partial charge in [-0.1, -0.05) is 42.5 Å². The number of hydrogen-bond acceptors (Lipinski definition) is 3. The number of furan rings is 1. The Morgan fingerprint density at radius 3 is 2.64 bits per heavy atom. The van der Waals surface area contributed by atoms with Crippen LogP contribution in [0.2, 0.25) is 0 Å². The van der Waals surface area contributed by atoms with Gasteiger partial charge in [0, 0.05) is 6.42 Å². The van der Waals surface area contributed by atoms with Crippen LogP contribution in [0.4, 0.5) is 0 Å². The maximum absolute atomic E-state index is 12.5. The summed E-state index contributed by atoms with van der Waals surface area (Å²) >= 11 is 0. The smallest absolute Gasteiger partial charge is 0.221 e. The standard InChI is InChI=1S/C21H21NO3/c1-24-18-10-5-7-16(15-18)12-13-20(23)22-21(19-11-6-14-25-19)17-8-3-2-4-9-17/h2-11,14-15,21H,12-13H2,1H3,(H,22,23). The molecule has 2 aromatic carbocycles. The SMILES string of the molecule is COc1cccc(CCC(=O)NC(c2ccccc2)c2ccco2)c1. The molecular formula is C21H21NO3. The lowest BCUT2D eigenvalue weighted by atomic mass is 10.0. The summed E-state index contributed by atoms with van der Waals surface area (Å²) in [7, 11) is 1.64. The number of ether oxygens (including phenoxy) is 1. The third-order valence-corrected chi connectivity index (χ3v) is 4.04. The van der Waals surface area contributed by atoms with E-state index in [1.54, 1.807) is 13.4 Å². The van der Waals surface area contributed by atoms with Gasteiger partial charge in [0.05, 0.1) is 13.4 Å². The van der Waals surface area contributed by atoms with Gasteiger partial charge in [-0.05, 0) is 41.8 Å². The molecule has 1 N–H and O–H groups in total. The van der Waals surface area contributed by atoms with Crippen molar-refractivity contribution in [3.05, 3.63) is 89.9 Å². The Morgan fingerprint density at radius 2 is 1.92 bits per heavy atom. The molecule has 0 aliphatic rings. The van der Waals surface area contributed by atoms with Gasteiger partial charge in [0.25, 0.3) is 0 Å². The summed E-state index contributed by atoms with van der Waals surface area (Å²) in [5.41, 5.74) is 2.07. The van der Waals surface area contributed by atoms with Crippen LogP contribution in [-0.2, 0) is 11.2 Å². The molecule has 128 valence electrons. The molecule has 0 bridgehead atoms. The van der Waals surface area contributed by atoms with Gasteiger partial charge in [-0.15, -0.1) is 0 Å². The van der Waals surface area contributed by atoms with Crippen LogP contribution in [0.15, 0.2) is 77.4 Å². The fourth-order valence-corrected chi connectivity index (χ4v) is 2.74. The molecule has 1 amide bonds. The van der Waals surface area contributed by atoms with Crippen LogP contribution in [0.3, 0.4) is 0 Å². The van der Waals surface area contributed by atoms with Crippen LogP contribution >= 0.6 is 0 Å². The van der Waals surface area contributed by atoms with E-state index in [1.165, 1.54) is 0 Å². The van der Waals surface area contributed by atoms with Gasteiger partial charge in [0.2, 0.25) is 5.91 Å². The van der Waals surface area contributed by atoms with Crippen LogP contribution in [0.1, 0.15) is 29.3 Å². The minimum absolute atomic E-state index is 0.0203. The molecule has 0 saturated heterocycles. The Balaban J connectivity index is 1.66. The first kappa shape index (κ1) is 16.8. The van der Waals surface area contributed by atoms with E-state index in [0.29, 0.717) is 12.8 Å². The molecule has 0 aliphatic carbocycles. The van der Waals surface area contributed by atoms with Crippen LogP contribution in [0.5, 0.6) is 5.75 Å². The van der Waals surface area contributed by atoms with Crippen molar-refractivity contribution in [1.29, 1.82) is 0 Å². The van der Waals surface area contributed by atoms with Gasteiger partial charge in [0.15, 0.2) is 0 Å². The molecule has 25 heavy (non-hydrogen) atoms. The molecule has 3 rings (SSSR count). The molecule has 1 heterocycles. The maximum atomic E-state index is 12.5. The zero-order valence-electron chi connectivity index (χ0n) is 14.1. The molecule has 0 aliphatic heterocycles. The van der Waals surface area contributed by atoms with Gasteiger partial charge in [-0.3, -0.25) is 4.79 Å². The second-order valence-corrected chi connectivity index (χ2v) is 5.78. The number of amides is 1. The topological polar surface area (TPSA) is 51.5 Å². The van der Waals surface area contributed by atoms with Crippen LogP contribution in [0.25, 0.3) is 0 Å². The highest BCUT2D eigenvalue weighted by atomic mass is 16.5. The number of methoxy groups -OCH3 is 1. The van der Waals surface area contributed by atoms with Crippen LogP contribution in [-0.4, -0.2) is 13.0 Å². The Kier molecular flexibility index (Phi) is 5.52. The van der Waals surface area contributed by atoms with E-state index in [-0.39, 0.29) is 11.9 Å². The van der Waals surface area contributed by atoms with Gasteiger partial charge in [0.1, 0.15) is 17.6 Å². The summed E-state index contributed by atoms with van der Waals surface area (Å²) in [6, 6.07) is 21.0. The molecule has 4 nitrogen and oxygen atoms in total. The summed E-state index contributed by atoms with van der Waals surface area (Å²) in [4.78, 5) is 12.5. The largest absolute Gasteiger partial charge is 0.497 e. The molecule has 1 aromatic heterocycles. The average molecular weight is 335 g/mol. The van der Waals surface area contributed by atoms with Gasteiger partial charge < -0.3 is 14.5 Å². The summed E-state index contributed by atoms with van der Waals surface area (Å²) in [6.07, 6.45) is 2.67. The van der Waals surface area contributed by atoms with Crippen molar-refractivity contribution in [3.63, 3.8) is 0 Å². The zero-order chi connectivity index (χ0) is 17.5. The number of aryl methyl sites for hydroxylation is 1. The lowest BCUT2D eigenvalue weighted by Gasteiger charge is -2.17. The highest BCUT2D eigenvalue weighted by Crippen LogP contribution is 2.22. The zero-order valence-corrected chi connectivity index (χ0v) is 14.1. The molecule has 1 atom stereocenters. The van der Waals surface area contributed by atoms with E-state index < -0.39 is 0 Å². The van der Waals surface area contributed by atoms with Crippen molar-refractivity contribution in [1.82, 2.24) is 5.32 Å². The molecule has 0 radical (unpaired) electrons. The molecule has 0 fully saturated rings. The Morgan fingerprint density at radius 1 is 1.08 bits per heavy atom. The third-order valence-electron chi connectivity index (χ3n) is 4.04. The summed E-state index contributed by atoms with van der Waals surface area (Å²) in [5.74, 6) is 1.50. The van der Waals surface area contributed by atoms with Crippen molar-refractivity contribution < 1.29 is 13.9 Å². The van der Waals surface area contributed by atoms with Crippen molar-refractivity contribution in [2.75, 3.05) is 7.11 Å². The van der Waals surface area contributed by atoms with Crippen LogP contribution < -0.4 is 10.1 Å². The minimum atomic E-state index is -0.283. The second-order valence-electron chi connectivity index (χ2n) is 5.78. The normalized spacial score (nSPS) is 11.7. The second kappa shape index (κ2) is 8.20. The first-order chi connectivity index (χ1) is 12.3. The van der Waals surface area contributed by atoms with Crippen molar-refractivity contribution >= 4 is 5.91 Å². The van der Waals surface area contributed by atoms with Gasteiger partial charge in [-0.25, -0.2) is 0 Å². The monoisotopic (exact) mass is 335 g/mol. The fraction of sp³-hybridized carbons (Fsp3) is 0.190. The predicted molar refractivity (Wildman–Crippen MR) is 96.5 cm³/mol. The number of benzene rings is 2. The first-order valence-electron chi connectivity index (χ1n) is 8.27. The van der Waals surface area contributed by atoms with E-state index in [2.05, 4.69) is 5.32 Å². The number of carbonyl (C=O) groups is 1. The summed E-state index contributed by atoms with van der Waals surface area (Å²) in [5, 5.41) is 3.07. The minimum Gasteiger partial charge on any atom is -0.497 e. The number of rotatable bonds is 7. The van der Waals surface area contributed by atoms with E-state index in [0.717, 1.165) is 22.6 Å². The Bertz CT molecular complexity index is 797. The highest BCUT2D eigenvalue weighted by Gasteiger charge is 2.19. The van der Waals surface area contributed by atoms with Gasteiger partial charge in [-0.2, -0.15) is 0 Å². The third kappa shape index (κ3) is 4.51. The molecular weight excluding hydrogens is 314 g/mol. The van der Waals surface area contributed by atoms with Crippen molar-refractivity contribution in [2.45, 2.75) is 18.9 Å². The van der Waals surface area contributed by atoms with E-state index in [1.807, 2.05) is 66.7 Å². The molecule has 3 aromatic rings. The lowest BCUT2D eigenvalue weighted by molar-refractivity contribution is -0.121. The van der Waals surface area contributed by atoms with E-state index >= 15 is 0 Å². The number of nitrogens with one attached hydrogen (secondary N) is 1. The van der Waals surface area contributed by atoms with Gasteiger partial charge >= 0.3 is 0 Å². The maximum Gasteiger partial charge on any atom is 0.221 e. The molecule has 4 heteroatoms. The highest BCUT2D eigenvalue weighted by molar-refractivity contribution is 5.77. The van der Waals surface area contributed by atoms with E-state index in [9.17, 15) is 4.79 Å². The van der Waals surface area contributed by atoms with E-state index in [4.69, 9.17) is 9.15 Å². The number of carbonyl (C=O) groups excluding carboxylic acids is 1. The quantitative estimate of drug-likeness (QED) is 0.706.